The van der Waals surface area contributed by atoms with E-state index in [1.54, 1.807) is 0 Å². The van der Waals surface area contributed by atoms with Crippen molar-refractivity contribution in [3.05, 3.63) is 64.8 Å². The summed E-state index contributed by atoms with van der Waals surface area (Å²) in [6, 6.07) is 8.86. The zero-order valence-corrected chi connectivity index (χ0v) is 20.7. The molecule has 2 heteroatoms. The Bertz CT molecular complexity index is 831. The molecule has 2 atom stereocenters. The molecule has 2 nitrogen and oxygen atoms in total. The third-order valence-corrected chi connectivity index (χ3v) is 7.28. The quantitative estimate of drug-likeness (QED) is 0.419. The highest BCUT2D eigenvalue weighted by Gasteiger charge is 2.36. The molecule has 0 saturated heterocycles. The van der Waals surface area contributed by atoms with Crippen molar-refractivity contribution in [2.45, 2.75) is 90.9 Å². The first-order valence-electron chi connectivity index (χ1n) is 12.9. The Kier molecular flexibility index (Phi) is 9.34. The molecule has 32 heavy (non-hydrogen) atoms. The summed E-state index contributed by atoms with van der Waals surface area (Å²) in [4.78, 5) is 0. The van der Waals surface area contributed by atoms with Crippen LogP contribution < -0.4 is 4.74 Å². The molecular formula is C30H42O2. The summed E-state index contributed by atoms with van der Waals surface area (Å²) in [6.45, 7) is 10.3. The van der Waals surface area contributed by atoms with Gasteiger partial charge in [0.2, 0.25) is 0 Å². The lowest BCUT2D eigenvalue weighted by Gasteiger charge is -2.37. The van der Waals surface area contributed by atoms with E-state index in [4.69, 9.17) is 9.47 Å². The van der Waals surface area contributed by atoms with Crippen LogP contribution in [0, 0.1) is 11.8 Å². The molecule has 1 aromatic rings. The van der Waals surface area contributed by atoms with Crippen molar-refractivity contribution < 1.29 is 9.47 Å². The largest absolute Gasteiger partial charge is 0.494 e. The number of allylic oxidation sites excluding steroid dienone is 3. The Hall–Kier alpha value is -2.14. The maximum absolute atomic E-state index is 5.74. The molecule has 0 amide bonds. The van der Waals surface area contributed by atoms with Crippen LogP contribution in [0.15, 0.2) is 59.2 Å². The van der Waals surface area contributed by atoms with E-state index in [-0.39, 0.29) is 5.41 Å². The van der Waals surface area contributed by atoms with Crippen LogP contribution in [0.3, 0.4) is 0 Å². The van der Waals surface area contributed by atoms with E-state index in [2.05, 4.69) is 61.7 Å². The lowest BCUT2D eigenvalue weighted by molar-refractivity contribution is 0.243. The smallest absolute Gasteiger partial charge is 0.170 e. The van der Waals surface area contributed by atoms with Crippen LogP contribution >= 0.6 is 0 Å². The monoisotopic (exact) mass is 434 g/mol. The molecule has 0 spiro atoms. The lowest BCUT2D eigenvalue weighted by atomic mass is 9.65. The van der Waals surface area contributed by atoms with Crippen LogP contribution in [0.2, 0.25) is 0 Å². The summed E-state index contributed by atoms with van der Waals surface area (Å²) in [7, 11) is 0. The van der Waals surface area contributed by atoms with Gasteiger partial charge in [-0.3, -0.25) is 0 Å². The van der Waals surface area contributed by atoms with Crippen LogP contribution in [0.25, 0.3) is 0 Å². The van der Waals surface area contributed by atoms with E-state index in [0.29, 0.717) is 13.2 Å². The second-order valence-corrected chi connectivity index (χ2v) is 9.76. The minimum absolute atomic E-state index is 0.0479. The molecule has 0 aliphatic heterocycles. The fourth-order valence-corrected chi connectivity index (χ4v) is 5.20. The Morgan fingerprint density at radius 2 is 1.41 bits per heavy atom. The van der Waals surface area contributed by atoms with Gasteiger partial charge in [0.15, 0.2) is 5.76 Å². The standard InChI is InChI=1S/C30H42O2/c1-5-31-28-16-12-26(13-17-28)30(27-14-18-29(19-15-27)32-6-2)22-20-24(3)10-8-7-9-11-25(4)21-23-30/h12-14,16-18,24-25H,5-11,20-23H2,1-4H3. The minimum Gasteiger partial charge on any atom is -0.494 e. The molecule has 0 radical (unpaired) electrons. The summed E-state index contributed by atoms with van der Waals surface area (Å²) in [5, 5.41) is 0. The second kappa shape index (κ2) is 12.2. The van der Waals surface area contributed by atoms with Gasteiger partial charge >= 0.3 is 0 Å². The predicted molar refractivity (Wildman–Crippen MR) is 134 cm³/mol. The van der Waals surface area contributed by atoms with E-state index in [1.807, 2.05) is 13.8 Å². The molecule has 0 heterocycles. The Morgan fingerprint density at radius 3 is 1.94 bits per heavy atom. The Morgan fingerprint density at radius 1 is 0.781 bits per heavy atom. The highest BCUT2D eigenvalue weighted by Crippen LogP contribution is 2.45. The third kappa shape index (κ3) is 6.44. The van der Waals surface area contributed by atoms with E-state index < -0.39 is 0 Å². The van der Waals surface area contributed by atoms with Gasteiger partial charge in [0, 0.05) is 11.0 Å². The van der Waals surface area contributed by atoms with Crippen molar-refractivity contribution in [2.75, 3.05) is 13.2 Å². The molecule has 0 N–H and O–H groups in total. The van der Waals surface area contributed by atoms with Gasteiger partial charge in [-0.25, -0.2) is 0 Å². The van der Waals surface area contributed by atoms with Crippen LogP contribution in [-0.4, -0.2) is 13.2 Å². The van der Waals surface area contributed by atoms with Gasteiger partial charge in [0.1, 0.15) is 5.75 Å². The summed E-state index contributed by atoms with van der Waals surface area (Å²) < 4.78 is 11.4. The summed E-state index contributed by atoms with van der Waals surface area (Å²) >= 11 is 0. The van der Waals surface area contributed by atoms with Crippen molar-refractivity contribution in [1.29, 1.82) is 0 Å². The van der Waals surface area contributed by atoms with Crippen molar-refractivity contribution in [2.24, 2.45) is 11.8 Å². The van der Waals surface area contributed by atoms with Crippen molar-refractivity contribution >= 4 is 0 Å². The number of benzene rings is 1. The number of hydrogen-bond donors (Lipinski definition) is 0. The topological polar surface area (TPSA) is 18.5 Å². The van der Waals surface area contributed by atoms with Crippen molar-refractivity contribution in [3.63, 3.8) is 0 Å². The second-order valence-electron chi connectivity index (χ2n) is 9.76. The van der Waals surface area contributed by atoms with Gasteiger partial charge in [0.25, 0.3) is 0 Å². The van der Waals surface area contributed by atoms with Crippen LogP contribution in [0.4, 0.5) is 0 Å². The summed E-state index contributed by atoms with van der Waals surface area (Å²) in [5.41, 5.74) is 9.41. The lowest BCUT2D eigenvalue weighted by Crippen LogP contribution is -2.30. The van der Waals surface area contributed by atoms with Gasteiger partial charge in [-0.15, -0.1) is 0 Å². The van der Waals surface area contributed by atoms with Gasteiger partial charge in [-0.05, 0) is 86.9 Å². The van der Waals surface area contributed by atoms with E-state index >= 15 is 0 Å². The maximum Gasteiger partial charge on any atom is 0.170 e. The molecule has 0 aromatic heterocycles. The Balaban J connectivity index is 2.05. The van der Waals surface area contributed by atoms with Gasteiger partial charge in [0.05, 0.1) is 13.2 Å². The predicted octanol–water partition coefficient (Wildman–Crippen LogP) is 8.29. The fraction of sp³-hybridized carbons (Fsp3) is 0.600. The molecule has 2 aliphatic rings. The average Bonchev–Trinajstić information content (AvgIpc) is 2.80. The first-order valence-corrected chi connectivity index (χ1v) is 12.9. The number of rotatable bonds is 6. The van der Waals surface area contributed by atoms with Crippen LogP contribution in [0.5, 0.6) is 5.75 Å². The SMILES string of the molecule is CCOC1=C=C=C(C2(c3ccc(OCC)cc3)CCC(C)CCCCCC(C)CC2)C=C1. The Labute approximate surface area is 196 Å². The minimum atomic E-state index is -0.0479. The number of ether oxygens (including phenoxy) is 2. The molecule has 174 valence electrons. The molecule has 2 unspecified atom stereocenters. The van der Waals surface area contributed by atoms with E-state index in [9.17, 15) is 0 Å². The third-order valence-electron chi connectivity index (χ3n) is 7.28. The normalized spacial score (nSPS) is 27.0. The number of hydrogen-bond acceptors (Lipinski definition) is 2. The molecule has 1 aromatic carbocycles. The van der Waals surface area contributed by atoms with Crippen molar-refractivity contribution in [3.8, 4) is 5.75 Å². The van der Waals surface area contributed by atoms with E-state index in [1.165, 1.54) is 56.1 Å². The zero-order chi connectivity index (χ0) is 22.8. The van der Waals surface area contributed by atoms with Crippen LogP contribution in [0.1, 0.15) is 91.0 Å². The zero-order valence-electron chi connectivity index (χ0n) is 20.7. The first kappa shape index (κ1) is 24.5. The van der Waals surface area contributed by atoms with Gasteiger partial charge in [-0.1, -0.05) is 63.8 Å². The highest BCUT2D eigenvalue weighted by molar-refractivity contribution is 5.46. The van der Waals surface area contributed by atoms with Crippen LogP contribution in [-0.2, 0) is 10.2 Å². The molecular weight excluding hydrogens is 392 g/mol. The highest BCUT2D eigenvalue weighted by atomic mass is 16.5. The molecule has 2 aliphatic carbocycles. The maximum atomic E-state index is 5.74. The van der Waals surface area contributed by atoms with Gasteiger partial charge in [-0.2, -0.15) is 0 Å². The summed E-state index contributed by atoms with van der Waals surface area (Å²) in [5.74, 6) is 3.23. The molecule has 3 rings (SSSR count). The fourth-order valence-electron chi connectivity index (χ4n) is 5.20. The molecule has 1 saturated carbocycles. The van der Waals surface area contributed by atoms with Crippen molar-refractivity contribution in [1.82, 2.24) is 0 Å². The molecule has 0 bridgehead atoms. The van der Waals surface area contributed by atoms with E-state index in [0.717, 1.165) is 36.2 Å². The average molecular weight is 435 g/mol. The summed E-state index contributed by atoms with van der Waals surface area (Å²) in [6.07, 6.45) is 15.9. The van der Waals surface area contributed by atoms with Gasteiger partial charge < -0.3 is 9.47 Å². The first-order chi connectivity index (χ1) is 15.6. The molecule has 1 fully saturated rings.